The number of carbonyl (C=O) groups is 1. The summed E-state index contributed by atoms with van der Waals surface area (Å²) in [6.07, 6.45) is -1.20. The molecule has 1 aliphatic carbocycles. The summed E-state index contributed by atoms with van der Waals surface area (Å²) in [5.74, 6) is -1.03. The van der Waals surface area contributed by atoms with Crippen molar-refractivity contribution in [2.24, 2.45) is 0 Å². The number of halogens is 3. The minimum atomic E-state index is -4.83. The van der Waals surface area contributed by atoms with Crippen molar-refractivity contribution in [2.75, 3.05) is 24.8 Å². The van der Waals surface area contributed by atoms with Gasteiger partial charge in [0.05, 0.1) is 42.5 Å². The normalized spacial score (nSPS) is 18.9. The number of anilines is 4. The van der Waals surface area contributed by atoms with E-state index in [1.165, 1.54) is 36.4 Å². The molecule has 0 radical (unpaired) electrons. The molecule has 12 nitrogen and oxygen atoms in total. The van der Waals surface area contributed by atoms with Crippen molar-refractivity contribution < 1.29 is 42.2 Å². The Morgan fingerprint density at radius 2 is 1.81 bits per heavy atom. The number of hydrogen-bond donors (Lipinski definition) is 5. The number of carbonyl (C=O) groups excluding carboxylic acids is 1. The third kappa shape index (κ3) is 6.74. The molecule has 1 saturated carbocycles. The lowest BCUT2D eigenvalue weighted by molar-refractivity contribution is -0.137. The van der Waals surface area contributed by atoms with Crippen LogP contribution in [0, 0.1) is 0 Å². The summed E-state index contributed by atoms with van der Waals surface area (Å²) in [5.41, 5.74) is 1.00. The van der Waals surface area contributed by atoms with Gasteiger partial charge in [-0.25, -0.2) is 4.98 Å². The van der Waals surface area contributed by atoms with E-state index in [1.54, 1.807) is 7.05 Å². The van der Waals surface area contributed by atoms with E-state index in [9.17, 15) is 37.4 Å². The Hall–Kier alpha value is -3.78. The number of aliphatic hydroxyl groups excluding tert-OH is 1. The molecule has 3 heterocycles. The van der Waals surface area contributed by atoms with Crippen molar-refractivity contribution in [3.8, 4) is 5.75 Å². The highest BCUT2D eigenvalue weighted by molar-refractivity contribution is 7.50. The average Bonchev–Trinajstić information content (AvgIpc) is 3.23. The zero-order valence-electron chi connectivity index (χ0n) is 23.2. The van der Waals surface area contributed by atoms with Gasteiger partial charge >= 0.3 is 13.8 Å². The molecule has 5 rings (SSSR count). The van der Waals surface area contributed by atoms with Crippen molar-refractivity contribution in [1.82, 2.24) is 19.9 Å². The van der Waals surface area contributed by atoms with Crippen LogP contribution in [-0.2, 0) is 23.4 Å². The second-order valence-corrected chi connectivity index (χ2v) is 12.3. The van der Waals surface area contributed by atoms with Gasteiger partial charge in [0.1, 0.15) is 17.1 Å². The number of fused-ring (bicyclic) bond motifs is 1. The van der Waals surface area contributed by atoms with Crippen LogP contribution in [0.2, 0.25) is 0 Å². The van der Waals surface area contributed by atoms with Crippen LogP contribution < -0.4 is 15.4 Å². The van der Waals surface area contributed by atoms with Crippen LogP contribution in [0.1, 0.15) is 64.3 Å². The predicted molar refractivity (Wildman–Crippen MR) is 150 cm³/mol. The van der Waals surface area contributed by atoms with E-state index in [0.717, 1.165) is 0 Å². The molecular weight excluding hydrogens is 592 g/mol. The van der Waals surface area contributed by atoms with Gasteiger partial charge in [-0.3, -0.25) is 14.3 Å². The van der Waals surface area contributed by atoms with Gasteiger partial charge < -0.3 is 35.2 Å². The molecule has 1 amide bonds. The number of methoxy groups -OCH3 is 1. The molecule has 2 aliphatic rings. The summed E-state index contributed by atoms with van der Waals surface area (Å²) in [6, 6.07) is 4.25. The molecule has 0 atom stereocenters. The number of ether oxygens (including phenoxy) is 1. The summed E-state index contributed by atoms with van der Waals surface area (Å²) in [6.45, 7) is 0.256. The molecule has 1 aliphatic heterocycles. The maximum absolute atomic E-state index is 14.0. The van der Waals surface area contributed by atoms with E-state index in [-0.39, 0.29) is 58.7 Å². The Bertz CT molecular complexity index is 1590. The van der Waals surface area contributed by atoms with Crippen LogP contribution in [0.15, 0.2) is 30.6 Å². The first kappa shape index (κ1) is 30.7. The average molecular weight is 623 g/mol. The molecule has 0 saturated heterocycles. The van der Waals surface area contributed by atoms with Crippen LogP contribution in [0.4, 0.5) is 36.3 Å². The first-order chi connectivity index (χ1) is 20.2. The number of alkyl halides is 3. The fourth-order valence-electron chi connectivity index (χ4n) is 5.44. The minimum Gasteiger partial charge on any atom is -0.495 e. The molecule has 2 aromatic heterocycles. The van der Waals surface area contributed by atoms with Crippen molar-refractivity contribution in [2.45, 2.75) is 56.6 Å². The van der Waals surface area contributed by atoms with E-state index in [4.69, 9.17) is 4.74 Å². The molecule has 16 heteroatoms. The number of aliphatic hydroxyl groups is 1. The summed E-state index contributed by atoms with van der Waals surface area (Å²) in [7, 11) is -1.42. The lowest BCUT2D eigenvalue weighted by Crippen LogP contribution is -2.19. The Balaban J connectivity index is 1.50. The number of aromatic nitrogens is 3. The molecule has 1 fully saturated rings. The van der Waals surface area contributed by atoms with Gasteiger partial charge in [0, 0.05) is 37.0 Å². The monoisotopic (exact) mass is 622 g/mol. The predicted octanol–water partition coefficient (Wildman–Crippen LogP) is 4.67. The lowest BCUT2D eigenvalue weighted by atomic mass is 9.83. The van der Waals surface area contributed by atoms with E-state index in [1.807, 2.05) is 0 Å². The molecular formula is C27H30F3N6O6P. The Kier molecular flexibility index (Phi) is 8.36. The molecule has 230 valence electrons. The van der Waals surface area contributed by atoms with Gasteiger partial charge in [-0.15, -0.1) is 0 Å². The zero-order valence-corrected chi connectivity index (χ0v) is 24.1. The maximum atomic E-state index is 14.0. The fourth-order valence-corrected chi connectivity index (χ4v) is 6.11. The van der Waals surface area contributed by atoms with E-state index >= 15 is 0 Å². The standard InChI is InChI=1S/C27H30F3N6O6P/c1-36-12-17-22(25(36)38)20(11-31-23(17)15-4-6-16(37)7-5-15)33-24-18(27(28,29)30)10-32-26(35-24)34-19-8-3-14(9-21(19)42-2)13-43(39,40)41/h3,8-11,15-16,37H,4-7,12-13H2,1-2H3,(H2,39,40,41)(H2,32,33,34,35)/t15-,16-. The highest BCUT2D eigenvalue weighted by Gasteiger charge is 2.38. The van der Waals surface area contributed by atoms with Gasteiger partial charge in [-0.2, -0.15) is 18.2 Å². The number of benzene rings is 1. The SMILES string of the molecule is COc1cc(CP(=O)(O)O)ccc1Nc1ncc(C(F)(F)F)c(Nc2cnc([C@H]3CC[C@H](O)CC3)c3c2C(=O)N(C)C3)n1. The van der Waals surface area contributed by atoms with Crippen LogP contribution in [0.3, 0.4) is 0 Å². The second kappa shape index (κ2) is 11.7. The van der Waals surface area contributed by atoms with Gasteiger partial charge in [-0.05, 0) is 43.4 Å². The number of pyridine rings is 1. The van der Waals surface area contributed by atoms with Crippen LogP contribution in [0.25, 0.3) is 0 Å². The van der Waals surface area contributed by atoms with Crippen molar-refractivity contribution in [3.05, 3.63) is 58.5 Å². The fraction of sp³-hybridized carbons (Fsp3) is 0.407. The minimum absolute atomic E-state index is 0.0224. The lowest BCUT2D eigenvalue weighted by Gasteiger charge is -2.26. The zero-order chi connectivity index (χ0) is 31.1. The third-order valence-corrected chi connectivity index (χ3v) is 8.28. The number of rotatable bonds is 8. The number of amides is 1. The molecule has 43 heavy (non-hydrogen) atoms. The topological polar surface area (TPSA) is 170 Å². The van der Waals surface area contributed by atoms with Crippen LogP contribution >= 0.6 is 7.60 Å². The number of hydrogen-bond acceptors (Lipinski definition) is 9. The van der Waals surface area contributed by atoms with E-state index in [0.29, 0.717) is 43.1 Å². The summed E-state index contributed by atoms with van der Waals surface area (Å²) < 4.78 is 58.7. The van der Waals surface area contributed by atoms with Gasteiger partial charge in [0.25, 0.3) is 5.91 Å². The summed E-state index contributed by atoms with van der Waals surface area (Å²) >= 11 is 0. The van der Waals surface area contributed by atoms with Gasteiger partial charge in [0.2, 0.25) is 5.95 Å². The molecule has 0 spiro atoms. The van der Waals surface area contributed by atoms with Crippen LogP contribution in [-0.4, -0.2) is 60.9 Å². The largest absolute Gasteiger partial charge is 0.495 e. The first-order valence-corrected chi connectivity index (χ1v) is 15.2. The molecule has 3 aromatic rings. The third-order valence-electron chi connectivity index (χ3n) is 7.50. The Morgan fingerprint density at radius 3 is 2.47 bits per heavy atom. The molecule has 0 unspecified atom stereocenters. The highest BCUT2D eigenvalue weighted by atomic mass is 31.2. The maximum Gasteiger partial charge on any atom is 0.421 e. The van der Waals surface area contributed by atoms with Crippen molar-refractivity contribution in [3.63, 3.8) is 0 Å². The first-order valence-electron chi connectivity index (χ1n) is 13.4. The molecule has 5 N–H and O–H groups in total. The number of nitrogens with one attached hydrogen (secondary N) is 2. The van der Waals surface area contributed by atoms with Crippen LogP contribution in [0.5, 0.6) is 5.75 Å². The van der Waals surface area contributed by atoms with Gasteiger partial charge in [0.15, 0.2) is 0 Å². The quantitative estimate of drug-likeness (QED) is 0.221. The molecule has 1 aromatic carbocycles. The molecule has 0 bridgehead atoms. The smallest absolute Gasteiger partial charge is 0.421 e. The highest BCUT2D eigenvalue weighted by Crippen LogP contribution is 2.43. The van der Waals surface area contributed by atoms with Gasteiger partial charge in [-0.1, -0.05) is 6.07 Å². The van der Waals surface area contributed by atoms with Crippen molar-refractivity contribution >= 4 is 36.6 Å². The number of nitrogens with zero attached hydrogens (tertiary/aromatic N) is 4. The Labute approximate surface area is 244 Å². The van der Waals surface area contributed by atoms with Crippen molar-refractivity contribution in [1.29, 1.82) is 0 Å². The second-order valence-electron chi connectivity index (χ2n) is 10.6. The van der Waals surface area contributed by atoms with E-state index < -0.39 is 31.3 Å². The Morgan fingerprint density at radius 1 is 1.09 bits per heavy atom. The van der Waals surface area contributed by atoms with E-state index in [2.05, 4.69) is 25.6 Å². The summed E-state index contributed by atoms with van der Waals surface area (Å²) in [4.78, 5) is 45.6. The summed E-state index contributed by atoms with van der Waals surface area (Å²) in [5, 5.41) is 15.4.